The normalized spacial score (nSPS) is 10.9. The number of hydrogen-bond donors (Lipinski definition) is 2. The summed E-state index contributed by atoms with van der Waals surface area (Å²) in [6.45, 7) is 7.84. The molecule has 0 aliphatic heterocycles. The SMILES string of the molecule is Cc1ccc(NC(=O)c2sc(C)nc2CC(C)C)c(=O)[nH]1. The van der Waals surface area contributed by atoms with Crippen LogP contribution < -0.4 is 10.9 Å². The van der Waals surface area contributed by atoms with E-state index >= 15 is 0 Å². The number of anilines is 1. The minimum absolute atomic E-state index is 0.257. The van der Waals surface area contributed by atoms with Gasteiger partial charge < -0.3 is 10.3 Å². The number of nitrogens with one attached hydrogen (secondary N) is 2. The molecule has 0 saturated carbocycles. The van der Waals surface area contributed by atoms with Gasteiger partial charge in [-0.2, -0.15) is 0 Å². The van der Waals surface area contributed by atoms with E-state index in [0.717, 1.165) is 22.8 Å². The number of aryl methyl sites for hydroxylation is 2. The summed E-state index contributed by atoms with van der Waals surface area (Å²) in [5, 5.41) is 3.52. The van der Waals surface area contributed by atoms with Crippen LogP contribution in [0.25, 0.3) is 0 Å². The zero-order valence-corrected chi connectivity index (χ0v) is 13.4. The van der Waals surface area contributed by atoms with Gasteiger partial charge in [-0.15, -0.1) is 11.3 Å². The largest absolute Gasteiger partial charge is 0.325 e. The van der Waals surface area contributed by atoms with Gasteiger partial charge in [-0.3, -0.25) is 9.59 Å². The van der Waals surface area contributed by atoms with Crippen LogP contribution in [-0.4, -0.2) is 15.9 Å². The summed E-state index contributed by atoms with van der Waals surface area (Å²) in [5.41, 5.74) is 1.52. The maximum absolute atomic E-state index is 12.4. The predicted octanol–water partition coefficient (Wildman–Crippen LogP) is 2.90. The van der Waals surface area contributed by atoms with Crippen LogP contribution in [0.3, 0.4) is 0 Å². The van der Waals surface area contributed by atoms with Gasteiger partial charge in [0.1, 0.15) is 10.6 Å². The van der Waals surface area contributed by atoms with Crippen molar-refractivity contribution in [3.63, 3.8) is 0 Å². The molecule has 5 nitrogen and oxygen atoms in total. The summed E-state index contributed by atoms with van der Waals surface area (Å²) < 4.78 is 0. The molecule has 0 aromatic carbocycles. The van der Waals surface area contributed by atoms with Gasteiger partial charge in [-0.05, 0) is 38.3 Å². The Morgan fingerprint density at radius 3 is 2.71 bits per heavy atom. The van der Waals surface area contributed by atoms with Crippen molar-refractivity contribution in [2.45, 2.75) is 34.1 Å². The molecule has 21 heavy (non-hydrogen) atoms. The highest BCUT2D eigenvalue weighted by molar-refractivity contribution is 7.13. The lowest BCUT2D eigenvalue weighted by Gasteiger charge is -2.06. The molecule has 2 heterocycles. The van der Waals surface area contributed by atoms with E-state index in [2.05, 4.69) is 29.1 Å². The predicted molar refractivity (Wildman–Crippen MR) is 85.1 cm³/mol. The van der Waals surface area contributed by atoms with Crippen molar-refractivity contribution in [3.8, 4) is 0 Å². The first kappa shape index (κ1) is 15.4. The summed E-state index contributed by atoms with van der Waals surface area (Å²) >= 11 is 1.36. The lowest BCUT2D eigenvalue weighted by Crippen LogP contribution is -2.20. The molecule has 0 bridgehead atoms. The Kier molecular flexibility index (Phi) is 4.57. The average Bonchev–Trinajstić information content (AvgIpc) is 2.73. The standard InChI is InChI=1S/C15H19N3O2S/c1-8(2)7-12-13(21-10(4)17-12)15(20)18-11-6-5-9(3)16-14(11)19/h5-6,8H,7H2,1-4H3,(H,16,19)(H,18,20). The molecular formula is C15H19N3O2S. The quantitative estimate of drug-likeness (QED) is 0.912. The highest BCUT2D eigenvalue weighted by Gasteiger charge is 2.18. The number of rotatable bonds is 4. The Morgan fingerprint density at radius 2 is 2.10 bits per heavy atom. The fraction of sp³-hybridized carbons (Fsp3) is 0.400. The third-order valence-electron chi connectivity index (χ3n) is 2.92. The highest BCUT2D eigenvalue weighted by Crippen LogP contribution is 2.21. The monoisotopic (exact) mass is 305 g/mol. The lowest BCUT2D eigenvalue weighted by atomic mass is 10.1. The van der Waals surface area contributed by atoms with Crippen molar-refractivity contribution in [1.29, 1.82) is 0 Å². The van der Waals surface area contributed by atoms with Crippen LogP contribution in [0.4, 0.5) is 5.69 Å². The molecule has 2 aromatic heterocycles. The van der Waals surface area contributed by atoms with Gasteiger partial charge in [0.15, 0.2) is 0 Å². The second-order valence-corrected chi connectivity index (χ2v) is 6.65. The lowest BCUT2D eigenvalue weighted by molar-refractivity contribution is 0.102. The third kappa shape index (κ3) is 3.78. The van der Waals surface area contributed by atoms with E-state index in [9.17, 15) is 9.59 Å². The number of aromatic nitrogens is 2. The fourth-order valence-electron chi connectivity index (χ4n) is 2.02. The van der Waals surface area contributed by atoms with Crippen molar-refractivity contribution < 1.29 is 4.79 Å². The van der Waals surface area contributed by atoms with Crippen LogP contribution in [0.1, 0.15) is 39.9 Å². The number of nitrogens with zero attached hydrogens (tertiary/aromatic N) is 1. The summed E-state index contributed by atoms with van der Waals surface area (Å²) in [6, 6.07) is 3.37. The van der Waals surface area contributed by atoms with Gasteiger partial charge in [0.2, 0.25) is 0 Å². The van der Waals surface area contributed by atoms with Crippen molar-refractivity contribution in [1.82, 2.24) is 9.97 Å². The first-order valence-electron chi connectivity index (χ1n) is 6.84. The Morgan fingerprint density at radius 1 is 1.38 bits per heavy atom. The first-order valence-corrected chi connectivity index (χ1v) is 7.66. The Hall–Kier alpha value is -1.95. The minimum atomic E-state index is -0.296. The Bertz CT molecular complexity index is 716. The van der Waals surface area contributed by atoms with Crippen molar-refractivity contribution in [2.24, 2.45) is 5.92 Å². The number of H-pyrrole nitrogens is 1. The number of amides is 1. The smallest absolute Gasteiger partial charge is 0.271 e. The van der Waals surface area contributed by atoms with Crippen LogP contribution in [0, 0.1) is 19.8 Å². The van der Waals surface area contributed by atoms with Gasteiger partial charge in [0.05, 0.1) is 10.7 Å². The summed E-state index contributed by atoms with van der Waals surface area (Å²) in [5.74, 6) is 0.145. The maximum Gasteiger partial charge on any atom is 0.271 e. The van der Waals surface area contributed by atoms with Crippen LogP contribution in [-0.2, 0) is 6.42 Å². The van der Waals surface area contributed by atoms with E-state index in [1.807, 2.05) is 6.92 Å². The highest BCUT2D eigenvalue weighted by atomic mass is 32.1. The number of hydrogen-bond acceptors (Lipinski definition) is 4. The summed E-state index contributed by atoms with van der Waals surface area (Å²) in [4.78, 5) is 31.8. The Labute approximate surface area is 127 Å². The van der Waals surface area contributed by atoms with Crippen LogP contribution in [0.5, 0.6) is 0 Å². The van der Waals surface area contributed by atoms with Crippen LogP contribution in [0.15, 0.2) is 16.9 Å². The van der Waals surface area contributed by atoms with E-state index in [1.165, 1.54) is 11.3 Å². The molecule has 0 unspecified atom stereocenters. The minimum Gasteiger partial charge on any atom is -0.325 e. The molecule has 0 fully saturated rings. The van der Waals surface area contributed by atoms with Gasteiger partial charge in [-0.1, -0.05) is 13.8 Å². The van der Waals surface area contributed by atoms with Crippen LogP contribution in [0.2, 0.25) is 0 Å². The second kappa shape index (κ2) is 6.22. The van der Waals surface area contributed by atoms with Crippen LogP contribution >= 0.6 is 11.3 Å². The molecule has 0 aliphatic rings. The molecule has 2 aromatic rings. The van der Waals surface area contributed by atoms with E-state index in [-0.39, 0.29) is 17.2 Å². The van der Waals surface area contributed by atoms with E-state index in [0.29, 0.717) is 10.8 Å². The molecule has 2 N–H and O–H groups in total. The number of carbonyl (C=O) groups excluding carboxylic acids is 1. The summed E-state index contributed by atoms with van der Waals surface area (Å²) in [6.07, 6.45) is 0.747. The topological polar surface area (TPSA) is 74.8 Å². The number of thiazole rings is 1. The zero-order valence-electron chi connectivity index (χ0n) is 12.6. The molecule has 0 saturated heterocycles. The van der Waals surface area contributed by atoms with Crippen molar-refractivity contribution in [3.05, 3.63) is 43.8 Å². The average molecular weight is 305 g/mol. The van der Waals surface area contributed by atoms with Gasteiger partial charge in [0.25, 0.3) is 11.5 Å². The van der Waals surface area contributed by atoms with E-state index in [1.54, 1.807) is 19.1 Å². The number of carbonyl (C=O) groups is 1. The third-order valence-corrected chi connectivity index (χ3v) is 3.93. The molecule has 0 spiro atoms. The number of aromatic amines is 1. The molecule has 0 atom stereocenters. The molecule has 6 heteroatoms. The first-order chi connectivity index (χ1) is 9.86. The zero-order chi connectivity index (χ0) is 15.6. The maximum atomic E-state index is 12.4. The number of pyridine rings is 1. The molecule has 0 radical (unpaired) electrons. The van der Waals surface area contributed by atoms with E-state index in [4.69, 9.17) is 0 Å². The van der Waals surface area contributed by atoms with E-state index < -0.39 is 0 Å². The molecule has 0 aliphatic carbocycles. The summed E-state index contributed by atoms with van der Waals surface area (Å²) in [7, 11) is 0. The fourth-order valence-corrected chi connectivity index (χ4v) is 2.86. The molecule has 2 rings (SSSR count). The second-order valence-electron chi connectivity index (χ2n) is 5.44. The van der Waals surface area contributed by atoms with Crippen molar-refractivity contribution in [2.75, 3.05) is 5.32 Å². The van der Waals surface area contributed by atoms with Crippen molar-refractivity contribution >= 4 is 22.9 Å². The van der Waals surface area contributed by atoms with Gasteiger partial charge in [-0.25, -0.2) is 4.98 Å². The molecule has 112 valence electrons. The Balaban J connectivity index is 2.26. The molecular weight excluding hydrogens is 286 g/mol. The van der Waals surface area contributed by atoms with Gasteiger partial charge >= 0.3 is 0 Å². The molecule has 1 amide bonds. The van der Waals surface area contributed by atoms with Gasteiger partial charge in [0, 0.05) is 5.69 Å².